The van der Waals surface area contributed by atoms with Gasteiger partial charge in [-0.2, -0.15) is 0 Å². The minimum Gasteiger partial charge on any atom is -0.356 e. The molecule has 0 heterocycles. The highest BCUT2D eigenvalue weighted by Crippen LogP contribution is 2.28. The van der Waals surface area contributed by atoms with Crippen LogP contribution in [-0.4, -0.2) is 12.5 Å². The van der Waals surface area contributed by atoms with Gasteiger partial charge in [-0.15, -0.1) is 0 Å². The number of carbonyl (C=O) groups is 1. The van der Waals surface area contributed by atoms with Gasteiger partial charge in [0.2, 0.25) is 5.91 Å². The Morgan fingerprint density at radius 2 is 2.27 bits per heavy atom. The van der Waals surface area contributed by atoms with Crippen LogP contribution < -0.4 is 5.32 Å². The first-order valence-corrected chi connectivity index (χ1v) is 5.59. The lowest BCUT2D eigenvalue weighted by atomic mass is 10.1. The number of amides is 1. The monoisotopic (exact) mass is 203 g/mol. The van der Waals surface area contributed by atoms with E-state index in [2.05, 4.69) is 36.5 Å². The Labute approximate surface area is 90.7 Å². The van der Waals surface area contributed by atoms with Crippen molar-refractivity contribution < 1.29 is 4.79 Å². The molecule has 1 fully saturated rings. The zero-order valence-corrected chi connectivity index (χ0v) is 9.12. The van der Waals surface area contributed by atoms with Gasteiger partial charge in [-0.3, -0.25) is 4.79 Å². The van der Waals surface area contributed by atoms with Gasteiger partial charge in [0.1, 0.15) is 0 Å². The highest BCUT2D eigenvalue weighted by atomic mass is 16.2. The third kappa shape index (κ3) is 3.08. The van der Waals surface area contributed by atoms with Crippen LogP contribution in [0.5, 0.6) is 0 Å². The molecular formula is C13H17NO. The Balaban J connectivity index is 1.75. The van der Waals surface area contributed by atoms with Crippen LogP contribution in [0.4, 0.5) is 0 Å². The predicted molar refractivity (Wildman–Crippen MR) is 60.6 cm³/mol. The summed E-state index contributed by atoms with van der Waals surface area (Å²) in [5.74, 6) is 0.560. The Morgan fingerprint density at radius 1 is 1.47 bits per heavy atom. The molecule has 2 nitrogen and oxygen atoms in total. The van der Waals surface area contributed by atoms with E-state index in [-0.39, 0.29) is 5.91 Å². The maximum absolute atomic E-state index is 11.4. The number of rotatable bonds is 4. The summed E-state index contributed by atoms with van der Waals surface area (Å²) < 4.78 is 0. The minimum atomic E-state index is 0.239. The van der Waals surface area contributed by atoms with E-state index in [4.69, 9.17) is 0 Å². The van der Waals surface area contributed by atoms with Gasteiger partial charge < -0.3 is 5.32 Å². The molecule has 0 saturated heterocycles. The molecule has 1 aliphatic rings. The van der Waals surface area contributed by atoms with Crippen LogP contribution in [0.1, 0.15) is 24.0 Å². The van der Waals surface area contributed by atoms with E-state index >= 15 is 0 Å². The Hall–Kier alpha value is -1.31. The molecule has 2 rings (SSSR count). The second kappa shape index (κ2) is 4.47. The van der Waals surface area contributed by atoms with E-state index in [1.807, 2.05) is 0 Å². The van der Waals surface area contributed by atoms with Gasteiger partial charge in [-0.1, -0.05) is 29.8 Å². The molecule has 0 spiro atoms. The molecule has 15 heavy (non-hydrogen) atoms. The molecule has 1 aliphatic carbocycles. The van der Waals surface area contributed by atoms with Gasteiger partial charge >= 0.3 is 0 Å². The second-order valence-electron chi connectivity index (χ2n) is 4.30. The summed E-state index contributed by atoms with van der Waals surface area (Å²) in [5, 5.41) is 2.97. The fraction of sp³-hybridized carbons (Fsp3) is 0.462. The standard InChI is InChI=1S/C13H17NO/c1-10-3-2-4-11(9-10)7-8-14-13(15)12-5-6-12/h2-4,9,12H,5-8H2,1H3,(H,14,15). The molecule has 1 aromatic rings. The fourth-order valence-electron chi connectivity index (χ4n) is 1.69. The van der Waals surface area contributed by atoms with E-state index in [1.165, 1.54) is 11.1 Å². The Bertz CT molecular complexity index is 355. The van der Waals surface area contributed by atoms with Crippen LogP contribution >= 0.6 is 0 Å². The van der Waals surface area contributed by atoms with Crippen molar-refractivity contribution in [3.8, 4) is 0 Å². The van der Waals surface area contributed by atoms with Crippen LogP contribution in [0.15, 0.2) is 24.3 Å². The van der Waals surface area contributed by atoms with Crippen molar-refractivity contribution in [1.29, 1.82) is 0 Å². The summed E-state index contributed by atoms with van der Waals surface area (Å²) >= 11 is 0. The lowest BCUT2D eigenvalue weighted by Crippen LogP contribution is -2.26. The molecule has 0 bridgehead atoms. The lowest BCUT2D eigenvalue weighted by molar-refractivity contribution is -0.122. The van der Waals surface area contributed by atoms with Crippen LogP contribution in [0.3, 0.4) is 0 Å². The minimum absolute atomic E-state index is 0.239. The van der Waals surface area contributed by atoms with Gasteiger partial charge in [0.05, 0.1) is 0 Å². The summed E-state index contributed by atoms with van der Waals surface area (Å²) in [6.07, 6.45) is 3.09. The summed E-state index contributed by atoms with van der Waals surface area (Å²) in [7, 11) is 0. The van der Waals surface area contributed by atoms with Crippen LogP contribution in [-0.2, 0) is 11.2 Å². The number of nitrogens with one attached hydrogen (secondary N) is 1. The van der Waals surface area contributed by atoms with Crippen molar-refractivity contribution in [2.75, 3.05) is 6.54 Å². The van der Waals surface area contributed by atoms with Crippen LogP contribution in [0, 0.1) is 12.8 Å². The molecular weight excluding hydrogens is 186 g/mol. The first kappa shape index (κ1) is 10.2. The van der Waals surface area contributed by atoms with E-state index in [0.717, 1.165) is 25.8 Å². The average molecular weight is 203 g/mol. The normalized spacial score (nSPS) is 15.0. The van der Waals surface area contributed by atoms with Gasteiger partial charge in [0.25, 0.3) is 0 Å². The highest BCUT2D eigenvalue weighted by molar-refractivity contribution is 5.80. The van der Waals surface area contributed by atoms with Crippen LogP contribution in [0.2, 0.25) is 0 Å². The van der Waals surface area contributed by atoms with Crippen LogP contribution in [0.25, 0.3) is 0 Å². The average Bonchev–Trinajstić information content (AvgIpc) is 3.00. The number of carbonyl (C=O) groups excluding carboxylic acids is 1. The SMILES string of the molecule is Cc1cccc(CCNC(=O)C2CC2)c1. The second-order valence-corrected chi connectivity index (χ2v) is 4.30. The molecule has 1 saturated carbocycles. The predicted octanol–water partition coefficient (Wildman–Crippen LogP) is 2.06. The van der Waals surface area contributed by atoms with E-state index < -0.39 is 0 Å². The highest BCUT2D eigenvalue weighted by Gasteiger charge is 2.28. The van der Waals surface area contributed by atoms with Gasteiger partial charge in [-0.05, 0) is 31.7 Å². The third-order valence-electron chi connectivity index (χ3n) is 2.74. The Morgan fingerprint density at radius 3 is 2.93 bits per heavy atom. The first-order chi connectivity index (χ1) is 7.25. The van der Waals surface area contributed by atoms with Crippen molar-refractivity contribution in [3.63, 3.8) is 0 Å². The summed E-state index contributed by atoms with van der Waals surface area (Å²) in [5.41, 5.74) is 2.58. The molecule has 0 radical (unpaired) electrons. The maximum Gasteiger partial charge on any atom is 0.223 e. The van der Waals surface area contributed by atoms with Crippen molar-refractivity contribution in [2.24, 2.45) is 5.92 Å². The van der Waals surface area contributed by atoms with Gasteiger partial charge in [0, 0.05) is 12.5 Å². The van der Waals surface area contributed by atoms with E-state index in [9.17, 15) is 4.79 Å². The number of aryl methyl sites for hydroxylation is 1. The summed E-state index contributed by atoms with van der Waals surface area (Å²) in [6, 6.07) is 8.43. The van der Waals surface area contributed by atoms with Crippen molar-refractivity contribution in [2.45, 2.75) is 26.2 Å². The molecule has 0 aromatic heterocycles. The summed E-state index contributed by atoms with van der Waals surface area (Å²) in [4.78, 5) is 11.4. The topological polar surface area (TPSA) is 29.1 Å². The molecule has 2 heteroatoms. The third-order valence-corrected chi connectivity index (χ3v) is 2.74. The first-order valence-electron chi connectivity index (χ1n) is 5.59. The van der Waals surface area contributed by atoms with Gasteiger partial charge in [0.15, 0.2) is 0 Å². The van der Waals surface area contributed by atoms with Gasteiger partial charge in [-0.25, -0.2) is 0 Å². The smallest absolute Gasteiger partial charge is 0.223 e. The molecule has 80 valence electrons. The largest absolute Gasteiger partial charge is 0.356 e. The number of hydrogen-bond donors (Lipinski definition) is 1. The number of hydrogen-bond acceptors (Lipinski definition) is 1. The number of benzene rings is 1. The summed E-state index contributed by atoms with van der Waals surface area (Å²) in [6.45, 7) is 2.85. The van der Waals surface area contributed by atoms with E-state index in [1.54, 1.807) is 0 Å². The zero-order chi connectivity index (χ0) is 10.7. The molecule has 1 amide bonds. The Kier molecular flexibility index (Phi) is 3.05. The molecule has 1 aromatic carbocycles. The van der Waals surface area contributed by atoms with Crippen molar-refractivity contribution >= 4 is 5.91 Å². The zero-order valence-electron chi connectivity index (χ0n) is 9.12. The fourth-order valence-corrected chi connectivity index (χ4v) is 1.69. The van der Waals surface area contributed by atoms with Crippen molar-refractivity contribution in [3.05, 3.63) is 35.4 Å². The van der Waals surface area contributed by atoms with E-state index in [0.29, 0.717) is 5.92 Å². The molecule has 1 N–H and O–H groups in total. The lowest BCUT2D eigenvalue weighted by Gasteiger charge is -2.04. The molecule has 0 aliphatic heterocycles. The molecule has 0 atom stereocenters. The van der Waals surface area contributed by atoms with Crippen molar-refractivity contribution in [1.82, 2.24) is 5.32 Å². The maximum atomic E-state index is 11.4. The molecule has 0 unspecified atom stereocenters. The quantitative estimate of drug-likeness (QED) is 0.797.